The number of carbonyl (C=O) groups is 3. The number of benzene rings is 2. The number of aliphatic hydroxyl groups is 1. The lowest BCUT2D eigenvalue weighted by molar-refractivity contribution is -0.128. The highest BCUT2D eigenvalue weighted by Crippen LogP contribution is 2.32. The number of fused-ring (bicyclic) bond motifs is 1. The first-order valence-corrected chi connectivity index (χ1v) is 14.2. The van der Waals surface area contributed by atoms with Crippen molar-refractivity contribution in [2.45, 2.75) is 63.1 Å². The highest BCUT2D eigenvalue weighted by molar-refractivity contribution is 5.99. The van der Waals surface area contributed by atoms with Crippen molar-refractivity contribution in [1.29, 1.82) is 0 Å². The highest BCUT2D eigenvalue weighted by Gasteiger charge is 2.31. The van der Waals surface area contributed by atoms with E-state index in [1.165, 1.54) is 0 Å². The van der Waals surface area contributed by atoms with Gasteiger partial charge in [0.1, 0.15) is 11.7 Å². The van der Waals surface area contributed by atoms with E-state index in [2.05, 4.69) is 21.0 Å². The van der Waals surface area contributed by atoms with Crippen LogP contribution in [0.25, 0.3) is 10.9 Å². The van der Waals surface area contributed by atoms with Gasteiger partial charge in [-0.15, -0.1) is 0 Å². The minimum Gasteiger partial charge on any atom is -0.391 e. The zero-order valence-corrected chi connectivity index (χ0v) is 23.2. The van der Waals surface area contributed by atoms with Gasteiger partial charge in [-0.1, -0.05) is 67.4 Å². The molecule has 0 saturated heterocycles. The number of hydrazine groups is 1. The van der Waals surface area contributed by atoms with Crippen LogP contribution in [-0.2, 0) is 16.0 Å². The predicted octanol–water partition coefficient (Wildman–Crippen LogP) is 1.96. The van der Waals surface area contributed by atoms with Gasteiger partial charge in [-0.3, -0.25) is 25.7 Å². The molecule has 1 saturated carbocycles. The van der Waals surface area contributed by atoms with Crippen LogP contribution in [-0.4, -0.2) is 52.5 Å². The Hall–Kier alpha value is -3.86. The molecule has 1 aliphatic carbocycles. The first-order valence-electron chi connectivity index (χ1n) is 14.2. The molecule has 0 bridgehead atoms. The number of primary amides is 1. The summed E-state index contributed by atoms with van der Waals surface area (Å²) in [5.74, 6) is 4.36. The van der Waals surface area contributed by atoms with E-state index in [1.54, 1.807) is 18.2 Å². The third kappa shape index (κ3) is 8.81. The molecule has 0 spiro atoms. The average Bonchev–Trinajstić information content (AvgIpc) is 2.96. The predicted molar refractivity (Wildman–Crippen MR) is 157 cm³/mol. The van der Waals surface area contributed by atoms with Gasteiger partial charge in [0.2, 0.25) is 11.8 Å². The number of nitrogens with zero attached hydrogens (tertiary/aromatic N) is 1. The van der Waals surface area contributed by atoms with Crippen LogP contribution in [0.4, 0.5) is 0 Å². The Morgan fingerprint density at radius 2 is 1.68 bits per heavy atom. The molecule has 218 valence electrons. The third-order valence-corrected chi connectivity index (χ3v) is 7.82. The van der Waals surface area contributed by atoms with Gasteiger partial charge in [-0.2, -0.15) is 0 Å². The molecule has 8 N–H and O–H groups in total. The molecule has 3 amide bonds. The smallest absolute Gasteiger partial charge is 0.270 e. The van der Waals surface area contributed by atoms with Gasteiger partial charge in [0, 0.05) is 11.9 Å². The second-order valence-electron chi connectivity index (χ2n) is 11.0. The van der Waals surface area contributed by atoms with E-state index in [-0.39, 0.29) is 5.69 Å². The van der Waals surface area contributed by atoms with Crippen LogP contribution in [0, 0.1) is 11.8 Å². The molecule has 5 atom stereocenters. The quantitative estimate of drug-likeness (QED) is 0.137. The van der Waals surface area contributed by atoms with Crippen molar-refractivity contribution >= 4 is 28.6 Å². The molecule has 2 aromatic carbocycles. The number of amides is 3. The summed E-state index contributed by atoms with van der Waals surface area (Å²) in [5.41, 5.74) is 9.90. The Morgan fingerprint density at radius 3 is 2.44 bits per heavy atom. The van der Waals surface area contributed by atoms with Crippen molar-refractivity contribution in [2.24, 2.45) is 23.4 Å². The molecule has 1 heterocycles. The van der Waals surface area contributed by atoms with Gasteiger partial charge >= 0.3 is 0 Å². The van der Waals surface area contributed by atoms with Crippen LogP contribution in [0.5, 0.6) is 0 Å². The number of aliphatic hydroxyl groups excluding tert-OH is 1. The maximum absolute atomic E-state index is 13.5. The molecule has 0 aliphatic heterocycles. The van der Waals surface area contributed by atoms with E-state index in [0.29, 0.717) is 30.2 Å². The fourth-order valence-electron chi connectivity index (χ4n) is 5.74. The van der Waals surface area contributed by atoms with Crippen LogP contribution < -0.4 is 27.6 Å². The molecular formula is C31H40N6O4. The zero-order valence-electron chi connectivity index (χ0n) is 23.2. The van der Waals surface area contributed by atoms with E-state index in [9.17, 15) is 19.5 Å². The van der Waals surface area contributed by atoms with E-state index in [1.807, 2.05) is 48.5 Å². The number of rotatable bonds is 13. The van der Waals surface area contributed by atoms with Crippen LogP contribution in [0.3, 0.4) is 0 Å². The average molecular weight is 561 g/mol. The Morgan fingerprint density at radius 1 is 0.951 bits per heavy atom. The minimum absolute atomic E-state index is 0.116. The lowest BCUT2D eigenvalue weighted by atomic mass is 9.78. The number of nitrogens with two attached hydrogens (primary N) is 2. The molecule has 1 fully saturated rings. The van der Waals surface area contributed by atoms with Gasteiger partial charge in [0.05, 0.1) is 24.1 Å². The standard InChI is InChI=1S/C31H40N6O4/c32-29(39)18-27(37-30(40)25-14-13-23-11-4-5-12-24(23)35-25)31(41)36-26(16-20-7-2-1-3-8-20)28(38)17-21-9-6-10-22(15-21)19-34-33/h1-5,7-8,11-14,21-22,26-28,34,38H,6,9-10,15-19,33H2,(H2,32,39)(H,36,41)(H,37,40)/t21-,22?,26?,27-,28-/m0/s1. The lowest BCUT2D eigenvalue weighted by Gasteiger charge is -2.33. The second-order valence-corrected chi connectivity index (χ2v) is 11.0. The van der Waals surface area contributed by atoms with Crippen LogP contribution in [0.1, 0.15) is 54.6 Å². The van der Waals surface area contributed by atoms with Crippen molar-refractivity contribution in [3.05, 3.63) is 78.0 Å². The fraction of sp³-hybridized carbons (Fsp3) is 0.419. The van der Waals surface area contributed by atoms with Crippen molar-refractivity contribution < 1.29 is 19.5 Å². The van der Waals surface area contributed by atoms with Crippen molar-refractivity contribution in [2.75, 3.05) is 6.54 Å². The molecule has 4 rings (SSSR count). The lowest BCUT2D eigenvalue weighted by Crippen LogP contribution is -2.54. The number of hydrogen-bond donors (Lipinski definition) is 6. The summed E-state index contributed by atoms with van der Waals surface area (Å²) in [7, 11) is 0. The topological polar surface area (TPSA) is 172 Å². The molecule has 10 nitrogen and oxygen atoms in total. The first kappa shape index (κ1) is 30.1. The number of nitrogens with one attached hydrogen (secondary N) is 3. The van der Waals surface area contributed by atoms with Crippen LogP contribution in [0.15, 0.2) is 66.7 Å². The molecule has 3 aromatic rings. The molecule has 41 heavy (non-hydrogen) atoms. The van der Waals surface area contributed by atoms with Gasteiger partial charge < -0.3 is 21.5 Å². The van der Waals surface area contributed by atoms with Gasteiger partial charge in [-0.25, -0.2) is 4.98 Å². The number of carbonyl (C=O) groups excluding carboxylic acids is 3. The van der Waals surface area contributed by atoms with Crippen molar-refractivity contribution in [3.63, 3.8) is 0 Å². The normalized spacial score (nSPS) is 19.2. The van der Waals surface area contributed by atoms with Gasteiger partial charge in [0.25, 0.3) is 5.91 Å². The Balaban J connectivity index is 1.48. The van der Waals surface area contributed by atoms with E-state index in [4.69, 9.17) is 11.6 Å². The van der Waals surface area contributed by atoms with E-state index in [0.717, 1.165) is 43.2 Å². The Labute approximate surface area is 240 Å². The summed E-state index contributed by atoms with van der Waals surface area (Å²) in [5, 5.41) is 17.8. The molecule has 10 heteroatoms. The highest BCUT2D eigenvalue weighted by atomic mass is 16.3. The maximum Gasteiger partial charge on any atom is 0.270 e. The van der Waals surface area contributed by atoms with Crippen molar-refractivity contribution in [3.8, 4) is 0 Å². The summed E-state index contributed by atoms with van der Waals surface area (Å²) in [4.78, 5) is 42.8. The number of hydrogen-bond acceptors (Lipinski definition) is 7. The first-order chi connectivity index (χ1) is 19.8. The monoisotopic (exact) mass is 560 g/mol. The van der Waals surface area contributed by atoms with E-state index >= 15 is 0 Å². The Bertz CT molecular complexity index is 1320. The van der Waals surface area contributed by atoms with Crippen LogP contribution >= 0.6 is 0 Å². The van der Waals surface area contributed by atoms with Gasteiger partial charge in [0.15, 0.2) is 0 Å². The van der Waals surface area contributed by atoms with Crippen molar-refractivity contribution in [1.82, 2.24) is 21.0 Å². The molecule has 1 aliphatic rings. The van der Waals surface area contributed by atoms with E-state index < -0.39 is 42.3 Å². The minimum atomic E-state index is -1.23. The third-order valence-electron chi connectivity index (χ3n) is 7.82. The number of pyridine rings is 1. The maximum atomic E-state index is 13.5. The van der Waals surface area contributed by atoms with Gasteiger partial charge in [-0.05, 0) is 55.2 Å². The summed E-state index contributed by atoms with van der Waals surface area (Å²) in [6.07, 6.45) is 3.80. The molecule has 0 radical (unpaired) electrons. The molecular weight excluding hydrogens is 520 g/mol. The Kier molecular flexibility index (Phi) is 10.8. The molecule has 1 aromatic heterocycles. The fourth-order valence-corrected chi connectivity index (χ4v) is 5.74. The second kappa shape index (κ2) is 14.7. The summed E-state index contributed by atoms with van der Waals surface area (Å²) in [6, 6.07) is 18.4. The largest absolute Gasteiger partial charge is 0.391 e. The number of para-hydroxylation sites is 1. The zero-order chi connectivity index (χ0) is 29.2. The number of aromatic nitrogens is 1. The summed E-state index contributed by atoms with van der Waals surface area (Å²) < 4.78 is 0. The summed E-state index contributed by atoms with van der Waals surface area (Å²) >= 11 is 0. The van der Waals surface area contributed by atoms with Crippen LogP contribution in [0.2, 0.25) is 0 Å². The SMILES string of the molecule is NNCC1CCC[C@H](C[C@H](O)C(Cc2ccccc2)NC(=O)[C@H](CC(N)=O)NC(=O)c2ccc3ccccc3n2)C1. The summed E-state index contributed by atoms with van der Waals surface area (Å²) in [6.45, 7) is 0.733. The molecule has 2 unspecified atom stereocenters.